The second kappa shape index (κ2) is 3.45. The van der Waals surface area contributed by atoms with E-state index in [4.69, 9.17) is 4.74 Å². The van der Waals surface area contributed by atoms with Crippen LogP contribution in [-0.4, -0.2) is 28.2 Å². The van der Waals surface area contributed by atoms with Gasteiger partial charge in [-0.15, -0.1) is 0 Å². The Hall–Kier alpha value is -1.16. The van der Waals surface area contributed by atoms with Crippen molar-refractivity contribution in [3.63, 3.8) is 0 Å². The molecule has 1 N–H and O–H groups in total. The second-order valence-electron chi connectivity index (χ2n) is 4.35. The molecular weight excluding hydrogens is 190 g/mol. The molecule has 3 unspecified atom stereocenters. The Kier molecular flexibility index (Phi) is 2.09. The number of aromatic nitrogens is 2. The first-order valence-electron chi connectivity index (χ1n) is 5.53. The number of anilines is 1. The van der Waals surface area contributed by atoms with Crippen LogP contribution in [-0.2, 0) is 4.74 Å². The molecule has 80 valence electrons. The highest BCUT2D eigenvalue weighted by Crippen LogP contribution is 2.35. The van der Waals surface area contributed by atoms with E-state index in [0.717, 1.165) is 18.1 Å². The minimum absolute atomic E-state index is 0.394. The summed E-state index contributed by atoms with van der Waals surface area (Å²) in [6.07, 6.45) is 6.20. The smallest absolute Gasteiger partial charge is 0.129 e. The number of hydrogen-bond acceptors (Lipinski definition) is 4. The van der Waals surface area contributed by atoms with Crippen molar-refractivity contribution in [1.29, 1.82) is 0 Å². The largest absolute Gasteiger partial charge is 0.373 e. The first kappa shape index (κ1) is 9.09. The van der Waals surface area contributed by atoms with Crippen molar-refractivity contribution >= 4 is 5.82 Å². The van der Waals surface area contributed by atoms with Gasteiger partial charge in [-0.3, -0.25) is 0 Å². The lowest BCUT2D eigenvalue weighted by molar-refractivity contribution is 0.102. The molecule has 3 heterocycles. The molecule has 15 heavy (non-hydrogen) atoms. The molecule has 2 fully saturated rings. The fourth-order valence-electron chi connectivity index (χ4n) is 2.52. The van der Waals surface area contributed by atoms with E-state index in [2.05, 4.69) is 15.3 Å². The lowest BCUT2D eigenvalue weighted by atomic mass is 9.95. The van der Waals surface area contributed by atoms with Crippen LogP contribution >= 0.6 is 0 Å². The Morgan fingerprint density at radius 2 is 2.40 bits per heavy atom. The van der Waals surface area contributed by atoms with E-state index >= 15 is 0 Å². The highest BCUT2D eigenvalue weighted by molar-refractivity contribution is 5.35. The van der Waals surface area contributed by atoms with E-state index in [1.54, 1.807) is 6.20 Å². The number of fused-ring (bicyclic) bond motifs is 2. The predicted octanol–water partition coefficient (Wildman–Crippen LogP) is 1.52. The van der Waals surface area contributed by atoms with Crippen LogP contribution in [0.2, 0.25) is 0 Å². The SMILES string of the molecule is Cc1nccc(NC2CC3CCC2O3)n1. The van der Waals surface area contributed by atoms with Gasteiger partial charge in [0.1, 0.15) is 11.6 Å². The average Bonchev–Trinajstić information content (AvgIpc) is 2.79. The zero-order chi connectivity index (χ0) is 10.3. The molecule has 2 bridgehead atoms. The zero-order valence-electron chi connectivity index (χ0n) is 8.81. The van der Waals surface area contributed by atoms with Gasteiger partial charge in [-0.25, -0.2) is 9.97 Å². The van der Waals surface area contributed by atoms with E-state index in [0.29, 0.717) is 18.2 Å². The van der Waals surface area contributed by atoms with Gasteiger partial charge in [0.15, 0.2) is 0 Å². The minimum Gasteiger partial charge on any atom is -0.373 e. The fraction of sp³-hybridized carbons (Fsp3) is 0.636. The van der Waals surface area contributed by atoms with Crippen molar-refractivity contribution in [2.75, 3.05) is 5.32 Å². The average molecular weight is 205 g/mol. The van der Waals surface area contributed by atoms with E-state index in [1.807, 2.05) is 13.0 Å². The van der Waals surface area contributed by atoms with Crippen LogP contribution in [0.1, 0.15) is 25.1 Å². The lowest BCUT2D eigenvalue weighted by Crippen LogP contribution is -2.30. The monoisotopic (exact) mass is 205 g/mol. The first-order chi connectivity index (χ1) is 7.31. The molecule has 0 amide bonds. The number of nitrogens with zero attached hydrogens (tertiary/aromatic N) is 2. The third-order valence-electron chi connectivity index (χ3n) is 3.22. The van der Waals surface area contributed by atoms with E-state index in [9.17, 15) is 0 Å². The molecule has 3 rings (SSSR count). The zero-order valence-corrected chi connectivity index (χ0v) is 8.81. The Bertz CT molecular complexity index is 369. The molecule has 1 aromatic rings. The maximum Gasteiger partial charge on any atom is 0.129 e. The fourth-order valence-corrected chi connectivity index (χ4v) is 2.52. The van der Waals surface area contributed by atoms with E-state index in [-0.39, 0.29) is 0 Å². The van der Waals surface area contributed by atoms with Crippen LogP contribution in [0, 0.1) is 6.92 Å². The van der Waals surface area contributed by atoms with Crippen LogP contribution in [0.15, 0.2) is 12.3 Å². The van der Waals surface area contributed by atoms with Crippen LogP contribution in [0.4, 0.5) is 5.82 Å². The Labute approximate surface area is 89.1 Å². The highest BCUT2D eigenvalue weighted by atomic mass is 16.5. The maximum absolute atomic E-state index is 5.78. The molecular formula is C11H15N3O. The van der Waals surface area contributed by atoms with Gasteiger partial charge in [0.2, 0.25) is 0 Å². The van der Waals surface area contributed by atoms with Crippen LogP contribution < -0.4 is 5.32 Å². The van der Waals surface area contributed by atoms with Gasteiger partial charge in [-0.1, -0.05) is 0 Å². The Morgan fingerprint density at radius 1 is 1.47 bits per heavy atom. The number of ether oxygens (including phenoxy) is 1. The number of aryl methyl sites for hydroxylation is 1. The lowest BCUT2D eigenvalue weighted by Gasteiger charge is -2.20. The quantitative estimate of drug-likeness (QED) is 0.795. The summed E-state index contributed by atoms with van der Waals surface area (Å²) in [7, 11) is 0. The first-order valence-corrected chi connectivity index (χ1v) is 5.53. The summed E-state index contributed by atoms with van der Waals surface area (Å²) in [5.74, 6) is 1.73. The molecule has 4 heteroatoms. The summed E-state index contributed by atoms with van der Waals surface area (Å²) in [6.45, 7) is 1.91. The minimum atomic E-state index is 0.394. The third kappa shape index (κ3) is 1.69. The van der Waals surface area contributed by atoms with Gasteiger partial charge in [0.25, 0.3) is 0 Å². The highest BCUT2D eigenvalue weighted by Gasteiger charge is 2.40. The number of hydrogen-bond donors (Lipinski definition) is 1. The van der Waals surface area contributed by atoms with Crippen LogP contribution in [0.5, 0.6) is 0 Å². The molecule has 0 spiro atoms. The van der Waals surface area contributed by atoms with E-state index in [1.165, 1.54) is 12.8 Å². The summed E-state index contributed by atoms with van der Waals surface area (Å²) in [6, 6.07) is 2.36. The van der Waals surface area contributed by atoms with Gasteiger partial charge >= 0.3 is 0 Å². The van der Waals surface area contributed by atoms with Crippen molar-refractivity contribution in [1.82, 2.24) is 9.97 Å². The summed E-state index contributed by atoms with van der Waals surface area (Å²) < 4.78 is 5.78. The summed E-state index contributed by atoms with van der Waals surface area (Å²) in [5, 5.41) is 3.44. The number of rotatable bonds is 2. The van der Waals surface area contributed by atoms with Crippen molar-refractivity contribution in [2.24, 2.45) is 0 Å². The summed E-state index contributed by atoms with van der Waals surface area (Å²) in [4.78, 5) is 8.42. The van der Waals surface area contributed by atoms with Crippen LogP contribution in [0.25, 0.3) is 0 Å². The summed E-state index contributed by atoms with van der Waals surface area (Å²) >= 11 is 0. The maximum atomic E-state index is 5.78. The molecule has 1 aromatic heterocycles. The van der Waals surface area contributed by atoms with Gasteiger partial charge in [0.05, 0.1) is 18.2 Å². The van der Waals surface area contributed by atoms with Gasteiger partial charge < -0.3 is 10.1 Å². The molecule has 2 saturated heterocycles. The van der Waals surface area contributed by atoms with E-state index < -0.39 is 0 Å². The van der Waals surface area contributed by atoms with Crippen molar-refractivity contribution in [3.05, 3.63) is 18.1 Å². The molecule has 0 saturated carbocycles. The van der Waals surface area contributed by atoms with Crippen molar-refractivity contribution in [3.8, 4) is 0 Å². The standard InChI is InChI=1S/C11H15N3O/c1-7-12-5-4-11(13-7)14-9-6-8-2-3-10(9)15-8/h4-5,8-10H,2-3,6H2,1H3,(H,12,13,14). The topological polar surface area (TPSA) is 47.0 Å². The van der Waals surface area contributed by atoms with Gasteiger partial charge in [-0.2, -0.15) is 0 Å². The molecule has 3 atom stereocenters. The van der Waals surface area contributed by atoms with Crippen LogP contribution in [0.3, 0.4) is 0 Å². The molecule has 0 aliphatic carbocycles. The second-order valence-corrected chi connectivity index (χ2v) is 4.35. The Morgan fingerprint density at radius 3 is 3.07 bits per heavy atom. The Balaban J connectivity index is 1.71. The normalized spacial score (nSPS) is 33.3. The van der Waals surface area contributed by atoms with Gasteiger partial charge in [0, 0.05) is 6.20 Å². The molecule has 4 nitrogen and oxygen atoms in total. The molecule has 0 aromatic carbocycles. The van der Waals surface area contributed by atoms with Gasteiger partial charge in [-0.05, 0) is 32.3 Å². The van der Waals surface area contributed by atoms with Crippen molar-refractivity contribution < 1.29 is 4.74 Å². The van der Waals surface area contributed by atoms with Crippen molar-refractivity contribution in [2.45, 2.75) is 44.4 Å². The summed E-state index contributed by atoms with van der Waals surface area (Å²) in [5.41, 5.74) is 0. The molecule has 2 aliphatic rings. The third-order valence-corrected chi connectivity index (χ3v) is 3.22. The predicted molar refractivity (Wildman–Crippen MR) is 56.7 cm³/mol. The molecule has 2 aliphatic heterocycles. The molecule has 0 radical (unpaired) electrons. The number of nitrogens with one attached hydrogen (secondary N) is 1.